The van der Waals surface area contributed by atoms with Crippen LogP contribution in [0.15, 0.2) is 65.6 Å². The number of halogens is 1. The Morgan fingerprint density at radius 1 is 1.00 bits per heavy atom. The van der Waals surface area contributed by atoms with E-state index in [1.165, 1.54) is 0 Å². The van der Waals surface area contributed by atoms with Crippen LogP contribution in [0.25, 0.3) is 22.5 Å². The lowest BCUT2D eigenvalue weighted by Gasteiger charge is -2.09. The molecule has 1 aromatic heterocycles. The first kappa shape index (κ1) is 15.6. The molecule has 0 aliphatic heterocycles. The van der Waals surface area contributed by atoms with E-state index < -0.39 is 0 Å². The summed E-state index contributed by atoms with van der Waals surface area (Å²) in [5, 5.41) is 9.76. The minimum absolute atomic E-state index is 0.623. The van der Waals surface area contributed by atoms with E-state index in [2.05, 4.69) is 6.07 Å². The number of nitriles is 1. The second-order valence-corrected chi connectivity index (χ2v) is 6.24. The van der Waals surface area contributed by atoms with Crippen molar-refractivity contribution < 1.29 is 0 Å². The van der Waals surface area contributed by atoms with Gasteiger partial charge in [0.15, 0.2) is 0 Å². The highest BCUT2D eigenvalue weighted by atomic mass is 35.5. The SMILES string of the molecule is CSc1cc(-c2cccc(C#N)c2)nc(-c2ccccc2Cl)c1. The van der Waals surface area contributed by atoms with Crippen LogP contribution in [0.2, 0.25) is 5.02 Å². The molecule has 0 aliphatic carbocycles. The maximum Gasteiger partial charge on any atom is 0.0991 e. The molecule has 112 valence electrons. The predicted octanol–water partition coefficient (Wildman–Crippen LogP) is 5.66. The maximum atomic E-state index is 9.09. The summed E-state index contributed by atoms with van der Waals surface area (Å²) in [5.41, 5.74) is 4.12. The Labute approximate surface area is 144 Å². The summed E-state index contributed by atoms with van der Waals surface area (Å²) in [4.78, 5) is 5.85. The van der Waals surface area contributed by atoms with E-state index >= 15 is 0 Å². The van der Waals surface area contributed by atoms with Gasteiger partial charge in [0.2, 0.25) is 0 Å². The number of thioether (sulfide) groups is 1. The molecule has 0 unspecified atom stereocenters. The molecule has 2 aromatic carbocycles. The van der Waals surface area contributed by atoms with Crippen molar-refractivity contribution in [3.05, 3.63) is 71.2 Å². The van der Waals surface area contributed by atoms with Crippen molar-refractivity contribution in [3.63, 3.8) is 0 Å². The van der Waals surface area contributed by atoms with Gasteiger partial charge in [0.25, 0.3) is 0 Å². The maximum absolute atomic E-state index is 9.09. The van der Waals surface area contributed by atoms with Gasteiger partial charge >= 0.3 is 0 Å². The van der Waals surface area contributed by atoms with Crippen LogP contribution in [0, 0.1) is 11.3 Å². The largest absolute Gasteiger partial charge is 0.248 e. The number of pyridine rings is 1. The average molecular weight is 337 g/mol. The highest BCUT2D eigenvalue weighted by Crippen LogP contribution is 2.32. The first-order valence-electron chi connectivity index (χ1n) is 7.03. The first-order valence-corrected chi connectivity index (χ1v) is 8.63. The number of rotatable bonds is 3. The molecule has 1 heterocycles. The molecule has 0 amide bonds. The van der Waals surface area contributed by atoms with Crippen molar-refractivity contribution in [2.75, 3.05) is 6.26 Å². The molecule has 0 fully saturated rings. The second-order valence-electron chi connectivity index (χ2n) is 4.95. The summed E-state index contributed by atoms with van der Waals surface area (Å²) < 4.78 is 0. The van der Waals surface area contributed by atoms with Crippen molar-refractivity contribution in [1.29, 1.82) is 5.26 Å². The molecule has 0 radical (unpaired) electrons. The molecule has 3 rings (SSSR count). The quantitative estimate of drug-likeness (QED) is 0.579. The van der Waals surface area contributed by atoms with Crippen molar-refractivity contribution in [2.45, 2.75) is 4.90 Å². The summed E-state index contributed by atoms with van der Waals surface area (Å²) in [6.07, 6.45) is 2.03. The zero-order chi connectivity index (χ0) is 16.2. The Bertz CT molecular complexity index is 900. The van der Waals surface area contributed by atoms with Crippen LogP contribution in [0.1, 0.15) is 5.56 Å². The summed E-state index contributed by atoms with van der Waals surface area (Å²) >= 11 is 7.96. The van der Waals surface area contributed by atoms with Crippen LogP contribution in [0.4, 0.5) is 0 Å². The van der Waals surface area contributed by atoms with Gasteiger partial charge in [-0.25, -0.2) is 4.98 Å². The lowest BCUT2D eigenvalue weighted by atomic mass is 10.1. The highest BCUT2D eigenvalue weighted by molar-refractivity contribution is 7.98. The smallest absolute Gasteiger partial charge is 0.0991 e. The Morgan fingerprint density at radius 2 is 1.78 bits per heavy atom. The topological polar surface area (TPSA) is 36.7 Å². The van der Waals surface area contributed by atoms with E-state index in [1.54, 1.807) is 17.8 Å². The van der Waals surface area contributed by atoms with E-state index in [0.717, 1.165) is 27.4 Å². The minimum atomic E-state index is 0.623. The van der Waals surface area contributed by atoms with Gasteiger partial charge in [-0.05, 0) is 36.6 Å². The molecule has 0 N–H and O–H groups in total. The van der Waals surface area contributed by atoms with Crippen molar-refractivity contribution in [1.82, 2.24) is 4.98 Å². The van der Waals surface area contributed by atoms with Gasteiger partial charge in [-0.1, -0.05) is 41.9 Å². The predicted molar refractivity (Wildman–Crippen MR) is 96.6 cm³/mol. The monoisotopic (exact) mass is 336 g/mol. The van der Waals surface area contributed by atoms with Crippen LogP contribution < -0.4 is 0 Å². The molecule has 0 atom stereocenters. The van der Waals surface area contributed by atoms with E-state index in [9.17, 15) is 0 Å². The van der Waals surface area contributed by atoms with Gasteiger partial charge in [-0.15, -0.1) is 11.8 Å². The number of nitrogens with zero attached hydrogens (tertiary/aromatic N) is 2. The van der Waals surface area contributed by atoms with Crippen molar-refractivity contribution >= 4 is 23.4 Å². The van der Waals surface area contributed by atoms with Gasteiger partial charge in [0.05, 0.1) is 23.0 Å². The van der Waals surface area contributed by atoms with E-state index in [4.69, 9.17) is 21.8 Å². The number of aromatic nitrogens is 1. The third-order valence-electron chi connectivity index (χ3n) is 3.47. The molecule has 2 nitrogen and oxygen atoms in total. The molecule has 3 aromatic rings. The number of hydrogen-bond acceptors (Lipinski definition) is 3. The van der Waals surface area contributed by atoms with Gasteiger partial charge in [-0.3, -0.25) is 0 Å². The lowest BCUT2D eigenvalue weighted by Crippen LogP contribution is -1.91. The van der Waals surface area contributed by atoms with Crippen molar-refractivity contribution in [2.24, 2.45) is 0 Å². The van der Waals surface area contributed by atoms with Gasteiger partial charge < -0.3 is 0 Å². The van der Waals surface area contributed by atoms with Crippen LogP contribution in [0.5, 0.6) is 0 Å². The molecule has 4 heteroatoms. The van der Waals surface area contributed by atoms with E-state index in [1.807, 2.05) is 60.9 Å². The van der Waals surface area contributed by atoms with E-state index in [-0.39, 0.29) is 0 Å². The average Bonchev–Trinajstić information content (AvgIpc) is 2.61. The molecular weight excluding hydrogens is 324 g/mol. The standard InChI is InChI=1S/C19H13ClN2S/c1-23-15-10-18(14-6-4-5-13(9-14)12-21)22-19(11-15)16-7-2-3-8-17(16)20/h2-11H,1H3. The van der Waals surface area contributed by atoms with Crippen molar-refractivity contribution in [3.8, 4) is 28.6 Å². The fourth-order valence-corrected chi connectivity index (χ4v) is 3.02. The van der Waals surface area contributed by atoms with Crippen LogP contribution in [-0.2, 0) is 0 Å². The third-order valence-corrected chi connectivity index (χ3v) is 4.51. The number of hydrogen-bond donors (Lipinski definition) is 0. The lowest BCUT2D eigenvalue weighted by molar-refractivity contribution is 1.26. The fourth-order valence-electron chi connectivity index (χ4n) is 2.33. The molecule has 0 spiro atoms. The minimum Gasteiger partial charge on any atom is -0.248 e. The normalized spacial score (nSPS) is 10.3. The molecule has 0 saturated carbocycles. The zero-order valence-electron chi connectivity index (χ0n) is 12.5. The first-order chi connectivity index (χ1) is 11.2. The second kappa shape index (κ2) is 6.87. The Kier molecular flexibility index (Phi) is 4.66. The van der Waals surface area contributed by atoms with Gasteiger partial charge in [0, 0.05) is 21.0 Å². The van der Waals surface area contributed by atoms with Crippen LogP contribution in [0.3, 0.4) is 0 Å². The molecule has 0 aliphatic rings. The molecular formula is C19H13ClN2S. The Morgan fingerprint density at radius 3 is 2.52 bits per heavy atom. The zero-order valence-corrected chi connectivity index (χ0v) is 14.0. The Hall–Kier alpha value is -2.28. The van der Waals surface area contributed by atoms with Gasteiger partial charge in [-0.2, -0.15) is 5.26 Å². The highest BCUT2D eigenvalue weighted by Gasteiger charge is 2.09. The molecule has 0 saturated heterocycles. The summed E-state index contributed by atoms with van der Waals surface area (Å²) in [7, 11) is 0. The summed E-state index contributed by atoms with van der Waals surface area (Å²) in [5.74, 6) is 0. The van der Waals surface area contributed by atoms with Gasteiger partial charge in [0.1, 0.15) is 0 Å². The molecule has 0 bridgehead atoms. The van der Waals surface area contributed by atoms with Crippen LogP contribution in [-0.4, -0.2) is 11.2 Å². The summed E-state index contributed by atoms with van der Waals surface area (Å²) in [6, 6.07) is 21.4. The molecule has 23 heavy (non-hydrogen) atoms. The summed E-state index contributed by atoms with van der Waals surface area (Å²) in [6.45, 7) is 0. The third kappa shape index (κ3) is 3.39. The van der Waals surface area contributed by atoms with Crippen LogP contribution >= 0.6 is 23.4 Å². The number of benzene rings is 2. The fraction of sp³-hybridized carbons (Fsp3) is 0.0526. The van der Waals surface area contributed by atoms with E-state index in [0.29, 0.717) is 10.6 Å². The Balaban J connectivity index is 2.17.